The van der Waals surface area contributed by atoms with E-state index in [0.29, 0.717) is 27.7 Å². The minimum absolute atomic E-state index is 0.0631. The van der Waals surface area contributed by atoms with Gasteiger partial charge in [0, 0.05) is 13.0 Å². The zero-order chi connectivity index (χ0) is 29.1. The summed E-state index contributed by atoms with van der Waals surface area (Å²) in [6, 6.07) is -0.955. The van der Waals surface area contributed by atoms with E-state index in [-0.39, 0.29) is 31.6 Å². The number of esters is 1. The molecule has 0 saturated carbocycles. The van der Waals surface area contributed by atoms with Gasteiger partial charge >= 0.3 is 12.1 Å². The van der Waals surface area contributed by atoms with E-state index < -0.39 is 60.1 Å². The van der Waals surface area contributed by atoms with Gasteiger partial charge in [-0.3, -0.25) is 19.6 Å². The number of aliphatic hydroxyl groups excluding tert-OH is 1. The number of halogens is 3. The van der Waals surface area contributed by atoms with E-state index in [1.165, 1.54) is 11.4 Å². The van der Waals surface area contributed by atoms with Crippen LogP contribution in [0.1, 0.15) is 41.2 Å². The standard InChI is InChI=1S/C25H29F3N4O7/c1-12-13(2)30-16(14(3)29-12)11-39-24(38)17-5-4-8-32(17)23(37)21(25(26,27)28)31-22(36)20(35)10-15-6-7-18(33)19(34)9-15/h6-7,9,17,20-21,33-35H,4-5,8,10-11H2,1-3H3,(H,31,36). The molecule has 3 rings (SSSR count). The molecule has 1 saturated heterocycles. The van der Waals surface area contributed by atoms with Crippen LogP contribution in [-0.2, 0) is 32.1 Å². The maximum Gasteiger partial charge on any atom is 0.417 e. The number of nitrogens with one attached hydrogen (secondary N) is 1. The highest BCUT2D eigenvalue weighted by Crippen LogP contribution is 2.28. The Hall–Kier alpha value is -3.94. The van der Waals surface area contributed by atoms with Gasteiger partial charge in [0.2, 0.25) is 11.9 Å². The molecule has 0 bridgehead atoms. The first kappa shape index (κ1) is 29.6. The zero-order valence-corrected chi connectivity index (χ0v) is 21.4. The summed E-state index contributed by atoms with van der Waals surface area (Å²) in [6.07, 6.45) is -7.44. The molecule has 1 aromatic heterocycles. The fraction of sp³-hybridized carbons (Fsp3) is 0.480. The van der Waals surface area contributed by atoms with E-state index in [2.05, 4.69) is 9.97 Å². The van der Waals surface area contributed by atoms with Gasteiger partial charge in [-0.2, -0.15) is 13.2 Å². The summed E-state index contributed by atoms with van der Waals surface area (Å²) in [4.78, 5) is 47.4. The lowest BCUT2D eigenvalue weighted by atomic mass is 10.1. The summed E-state index contributed by atoms with van der Waals surface area (Å²) in [5.74, 6) is -4.97. The normalized spacial score (nSPS) is 17.0. The number of ether oxygens (including phenoxy) is 1. The number of hydrogen-bond acceptors (Lipinski definition) is 9. The number of phenols is 2. The van der Waals surface area contributed by atoms with Crippen molar-refractivity contribution in [2.24, 2.45) is 0 Å². The van der Waals surface area contributed by atoms with Crippen LogP contribution in [0.5, 0.6) is 11.5 Å². The molecule has 212 valence electrons. The minimum Gasteiger partial charge on any atom is -0.504 e. The van der Waals surface area contributed by atoms with E-state index in [0.717, 1.165) is 12.1 Å². The molecular weight excluding hydrogens is 525 g/mol. The number of nitrogens with zero attached hydrogens (tertiary/aromatic N) is 3. The maximum atomic E-state index is 13.8. The molecule has 2 aromatic rings. The van der Waals surface area contributed by atoms with Crippen LogP contribution in [0.4, 0.5) is 13.2 Å². The average Bonchev–Trinajstić information content (AvgIpc) is 3.35. The van der Waals surface area contributed by atoms with Crippen LogP contribution >= 0.6 is 0 Å². The van der Waals surface area contributed by atoms with Gasteiger partial charge in [0.25, 0.3) is 5.91 Å². The Balaban J connectivity index is 1.69. The molecule has 3 unspecified atom stereocenters. The highest BCUT2D eigenvalue weighted by molar-refractivity contribution is 5.92. The van der Waals surface area contributed by atoms with Gasteiger partial charge in [-0.1, -0.05) is 6.07 Å². The minimum atomic E-state index is -5.23. The van der Waals surface area contributed by atoms with Crippen molar-refractivity contribution in [1.82, 2.24) is 20.2 Å². The van der Waals surface area contributed by atoms with Crippen LogP contribution in [0.3, 0.4) is 0 Å². The number of aromatic hydroxyl groups is 2. The van der Waals surface area contributed by atoms with Crippen LogP contribution in [0.15, 0.2) is 18.2 Å². The first-order valence-corrected chi connectivity index (χ1v) is 12.0. The van der Waals surface area contributed by atoms with Crippen LogP contribution in [-0.4, -0.2) is 78.9 Å². The average molecular weight is 555 g/mol. The maximum absolute atomic E-state index is 13.8. The monoisotopic (exact) mass is 554 g/mol. The smallest absolute Gasteiger partial charge is 0.417 e. The summed E-state index contributed by atoms with van der Waals surface area (Å²) in [7, 11) is 0. The van der Waals surface area contributed by atoms with Crippen LogP contribution in [0.25, 0.3) is 0 Å². The highest BCUT2D eigenvalue weighted by atomic mass is 19.4. The van der Waals surface area contributed by atoms with Gasteiger partial charge in [0.1, 0.15) is 18.8 Å². The molecule has 0 spiro atoms. The SMILES string of the molecule is Cc1nc(C)c(COC(=O)C2CCCN2C(=O)C(NC(=O)C(O)Cc2ccc(O)c(O)c2)C(F)(F)F)nc1C. The predicted molar refractivity (Wildman–Crippen MR) is 128 cm³/mol. The van der Waals surface area contributed by atoms with Crippen molar-refractivity contribution in [2.45, 2.75) is 71.0 Å². The third kappa shape index (κ3) is 7.13. The third-order valence-corrected chi connectivity index (χ3v) is 6.37. The first-order valence-electron chi connectivity index (χ1n) is 12.0. The highest BCUT2D eigenvalue weighted by Gasteiger charge is 2.51. The Labute approximate surface area is 221 Å². The molecule has 0 radical (unpaired) electrons. The molecule has 3 atom stereocenters. The summed E-state index contributed by atoms with van der Waals surface area (Å²) < 4.78 is 46.8. The lowest BCUT2D eigenvalue weighted by molar-refractivity contribution is -0.181. The summed E-state index contributed by atoms with van der Waals surface area (Å²) in [5.41, 5.74) is 2.36. The molecule has 39 heavy (non-hydrogen) atoms. The number of rotatable bonds is 8. The van der Waals surface area contributed by atoms with Gasteiger partial charge < -0.3 is 30.3 Å². The molecule has 4 N–H and O–H groups in total. The second kappa shape index (κ2) is 11.8. The molecule has 1 aliphatic rings. The van der Waals surface area contributed by atoms with Crippen molar-refractivity contribution in [2.75, 3.05) is 6.54 Å². The number of alkyl halides is 3. The number of aliphatic hydroxyl groups is 1. The number of amides is 2. The van der Waals surface area contributed by atoms with Gasteiger partial charge in [-0.15, -0.1) is 0 Å². The lowest BCUT2D eigenvalue weighted by Crippen LogP contribution is -2.59. The molecule has 11 nitrogen and oxygen atoms in total. The Morgan fingerprint density at radius 3 is 2.41 bits per heavy atom. The molecule has 1 aromatic carbocycles. The Morgan fingerprint density at radius 2 is 1.77 bits per heavy atom. The van der Waals surface area contributed by atoms with Crippen LogP contribution < -0.4 is 5.32 Å². The van der Waals surface area contributed by atoms with Crippen molar-refractivity contribution in [3.63, 3.8) is 0 Å². The van der Waals surface area contributed by atoms with E-state index in [9.17, 15) is 42.9 Å². The second-order valence-corrected chi connectivity index (χ2v) is 9.25. The molecule has 1 aliphatic heterocycles. The van der Waals surface area contributed by atoms with Gasteiger partial charge in [-0.25, -0.2) is 4.79 Å². The van der Waals surface area contributed by atoms with Crippen LogP contribution in [0, 0.1) is 20.8 Å². The molecule has 14 heteroatoms. The molecule has 1 fully saturated rings. The number of hydrogen-bond donors (Lipinski definition) is 4. The van der Waals surface area contributed by atoms with Crippen molar-refractivity contribution in [3.05, 3.63) is 46.5 Å². The molecular formula is C25H29F3N4O7. The van der Waals surface area contributed by atoms with E-state index in [4.69, 9.17) is 4.74 Å². The molecule has 0 aliphatic carbocycles. The van der Waals surface area contributed by atoms with Crippen molar-refractivity contribution < 1.29 is 47.6 Å². The third-order valence-electron chi connectivity index (χ3n) is 6.37. The number of phenolic OH excluding ortho intramolecular Hbond substituents is 2. The zero-order valence-electron chi connectivity index (χ0n) is 21.4. The summed E-state index contributed by atoms with van der Waals surface area (Å²) >= 11 is 0. The largest absolute Gasteiger partial charge is 0.504 e. The summed E-state index contributed by atoms with van der Waals surface area (Å²) in [5, 5.41) is 30.5. The van der Waals surface area contributed by atoms with Gasteiger partial charge in [0.05, 0.1) is 22.8 Å². The Morgan fingerprint density at radius 1 is 1.10 bits per heavy atom. The van der Waals surface area contributed by atoms with E-state index in [1.54, 1.807) is 20.8 Å². The topological polar surface area (TPSA) is 162 Å². The Bertz CT molecular complexity index is 1250. The second-order valence-electron chi connectivity index (χ2n) is 9.25. The van der Waals surface area contributed by atoms with Crippen LogP contribution in [0.2, 0.25) is 0 Å². The van der Waals surface area contributed by atoms with Crippen molar-refractivity contribution in [3.8, 4) is 11.5 Å². The van der Waals surface area contributed by atoms with E-state index >= 15 is 0 Å². The number of carbonyl (C=O) groups is 3. The van der Waals surface area contributed by atoms with Crippen molar-refractivity contribution in [1.29, 1.82) is 0 Å². The summed E-state index contributed by atoms with van der Waals surface area (Å²) in [6.45, 7) is 4.71. The predicted octanol–water partition coefficient (Wildman–Crippen LogP) is 1.50. The number of likely N-dealkylation sites (tertiary alicyclic amines) is 1. The Kier molecular flexibility index (Phi) is 8.99. The number of aryl methyl sites for hydroxylation is 3. The van der Waals surface area contributed by atoms with E-state index in [1.807, 2.05) is 0 Å². The van der Waals surface area contributed by atoms with Gasteiger partial charge in [0.15, 0.2) is 11.5 Å². The molecule has 2 amide bonds. The molecule has 2 heterocycles. The number of carbonyl (C=O) groups excluding carboxylic acids is 3. The fourth-order valence-corrected chi connectivity index (χ4v) is 4.11. The van der Waals surface area contributed by atoms with Crippen molar-refractivity contribution >= 4 is 17.8 Å². The van der Waals surface area contributed by atoms with Gasteiger partial charge in [-0.05, 0) is 51.3 Å². The quantitative estimate of drug-likeness (QED) is 0.280. The first-order chi connectivity index (χ1) is 18.2. The number of aromatic nitrogens is 2. The fourth-order valence-electron chi connectivity index (χ4n) is 4.11. The number of benzene rings is 1. The lowest BCUT2D eigenvalue weighted by Gasteiger charge is -2.29.